The molecule has 2 unspecified atom stereocenters. The quantitative estimate of drug-likeness (QED) is 0.843. The molecule has 0 aliphatic carbocycles. The van der Waals surface area contributed by atoms with Gasteiger partial charge in [0.05, 0.1) is 6.61 Å². The second-order valence-corrected chi connectivity index (χ2v) is 4.56. The Balaban J connectivity index is 2.02. The first kappa shape index (κ1) is 13.2. The minimum Gasteiger partial charge on any atom is -0.454 e. The van der Waals surface area contributed by atoms with Gasteiger partial charge in [-0.3, -0.25) is 0 Å². The Labute approximate surface area is 108 Å². The molecule has 18 heavy (non-hydrogen) atoms. The van der Waals surface area contributed by atoms with E-state index in [1.165, 1.54) is 5.56 Å². The van der Waals surface area contributed by atoms with Crippen LogP contribution in [-0.2, 0) is 4.74 Å². The third-order valence-electron chi connectivity index (χ3n) is 3.24. The molecule has 1 aromatic rings. The molecule has 1 aromatic carbocycles. The summed E-state index contributed by atoms with van der Waals surface area (Å²) in [6.07, 6.45) is 1.04. The Morgan fingerprint density at radius 3 is 2.83 bits per heavy atom. The summed E-state index contributed by atoms with van der Waals surface area (Å²) in [5.41, 5.74) is 1.20. The van der Waals surface area contributed by atoms with E-state index in [0.29, 0.717) is 12.8 Å². The molecule has 0 radical (unpaired) electrons. The second-order valence-electron chi connectivity index (χ2n) is 4.56. The van der Waals surface area contributed by atoms with E-state index in [0.717, 1.165) is 24.5 Å². The summed E-state index contributed by atoms with van der Waals surface area (Å²) in [4.78, 5) is 0. The number of hydrogen-bond acceptors (Lipinski definition) is 4. The monoisotopic (exact) mass is 251 g/mol. The zero-order chi connectivity index (χ0) is 13.0. The molecule has 0 fully saturated rings. The largest absolute Gasteiger partial charge is 0.454 e. The maximum atomic E-state index is 5.39. The minimum atomic E-state index is 0.264. The summed E-state index contributed by atoms with van der Waals surface area (Å²) >= 11 is 0. The fraction of sp³-hybridized carbons (Fsp3) is 0.571. The predicted octanol–water partition coefficient (Wildman–Crippen LogP) is 2.49. The van der Waals surface area contributed by atoms with Crippen molar-refractivity contribution in [2.24, 2.45) is 0 Å². The van der Waals surface area contributed by atoms with Gasteiger partial charge >= 0.3 is 0 Å². The summed E-state index contributed by atoms with van der Waals surface area (Å²) in [6.45, 7) is 5.35. The van der Waals surface area contributed by atoms with E-state index in [-0.39, 0.29) is 6.04 Å². The number of hydrogen-bond donors (Lipinski definition) is 1. The van der Waals surface area contributed by atoms with Crippen LogP contribution in [0.5, 0.6) is 11.5 Å². The SMILES string of the molecule is CCC(COC)NC(C)c1ccc2c(c1)OCO2. The van der Waals surface area contributed by atoms with Gasteiger partial charge in [-0.25, -0.2) is 0 Å². The van der Waals surface area contributed by atoms with Gasteiger partial charge in [-0.05, 0) is 31.0 Å². The Morgan fingerprint density at radius 1 is 1.33 bits per heavy atom. The van der Waals surface area contributed by atoms with Crippen LogP contribution in [-0.4, -0.2) is 26.6 Å². The van der Waals surface area contributed by atoms with E-state index >= 15 is 0 Å². The van der Waals surface area contributed by atoms with Crippen LogP contribution >= 0.6 is 0 Å². The molecule has 1 aliphatic heterocycles. The lowest BCUT2D eigenvalue weighted by Gasteiger charge is -2.22. The van der Waals surface area contributed by atoms with Gasteiger partial charge in [-0.2, -0.15) is 0 Å². The van der Waals surface area contributed by atoms with Gasteiger partial charge in [0, 0.05) is 19.2 Å². The molecule has 0 saturated carbocycles. The highest BCUT2D eigenvalue weighted by atomic mass is 16.7. The molecule has 0 aromatic heterocycles. The molecule has 0 spiro atoms. The topological polar surface area (TPSA) is 39.7 Å². The van der Waals surface area contributed by atoms with Crippen molar-refractivity contribution in [2.45, 2.75) is 32.4 Å². The number of rotatable bonds is 6. The van der Waals surface area contributed by atoms with Crippen molar-refractivity contribution < 1.29 is 14.2 Å². The number of benzene rings is 1. The van der Waals surface area contributed by atoms with Crippen molar-refractivity contribution in [3.05, 3.63) is 23.8 Å². The maximum absolute atomic E-state index is 5.39. The maximum Gasteiger partial charge on any atom is 0.231 e. The van der Waals surface area contributed by atoms with E-state index in [2.05, 4.69) is 25.2 Å². The Hall–Kier alpha value is -1.26. The molecule has 0 bridgehead atoms. The van der Waals surface area contributed by atoms with Gasteiger partial charge in [-0.15, -0.1) is 0 Å². The van der Waals surface area contributed by atoms with Crippen LogP contribution in [0.15, 0.2) is 18.2 Å². The van der Waals surface area contributed by atoms with E-state index in [4.69, 9.17) is 14.2 Å². The van der Waals surface area contributed by atoms with Gasteiger partial charge in [0.2, 0.25) is 6.79 Å². The lowest BCUT2D eigenvalue weighted by atomic mass is 10.1. The standard InChI is InChI=1S/C14H21NO3/c1-4-12(8-16-3)15-10(2)11-5-6-13-14(7-11)18-9-17-13/h5-7,10,12,15H,4,8-9H2,1-3H3. The van der Waals surface area contributed by atoms with E-state index in [9.17, 15) is 0 Å². The summed E-state index contributed by atoms with van der Waals surface area (Å²) in [6, 6.07) is 6.71. The summed E-state index contributed by atoms with van der Waals surface area (Å²) in [5, 5.41) is 3.55. The molecule has 0 amide bonds. The van der Waals surface area contributed by atoms with Crippen molar-refractivity contribution in [2.75, 3.05) is 20.5 Å². The lowest BCUT2D eigenvalue weighted by Crippen LogP contribution is -2.34. The molecule has 4 nitrogen and oxygen atoms in total. The summed E-state index contributed by atoms with van der Waals surface area (Å²) < 4.78 is 15.9. The predicted molar refractivity (Wildman–Crippen MR) is 70.1 cm³/mol. The first-order chi connectivity index (χ1) is 8.74. The first-order valence-corrected chi connectivity index (χ1v) is 6.39. The Bertz CT molecular complexity index is 395. The second kappa shape index (κ2) is 6.07. The highest BCUT2D eigenvalue weighted by Gasteiger charge is 2.17. The molecule has 2 atom stereocenters. The van der Waals surface area contributed by atoms with Crippen LogP contribution in [0, 0.1) is 0 Å². The third kappa shape index (κ3) is 2.94. The van der Waals surface area contributed by atoms with Gasteiger partial charge in [0.1, 0.15) is 0 Å². The van der Waals surface area contributed by atoms with Crippen LogP contribution in [0.1, 0.15) is 31.9 Å². The number of fused-ring (bicyclic) bond motifs is 1. The fourth-order valence-electron chi connectivity index (χ4n) is 2.12. The Morgan fingerprint density at radius 2 is 2.11 bits per heavy atom. The lowest BCUT2D eigenvalue weighted by molar-refractivity contribution is 0.159. The molecule has 4 heteroatoms. The minimum absolute atomic E-state index is 0.264. The Kier molecular flexibility index (Phi) is 4.44. The molecule has 1 aliphatic rings. The molecular weight excluding hydrogens is 230 g/mol. The van der Waals surface area contributed by atoms with Gasteiger partial charge in [0.25, 0.3) is 0 Å². The third-order valence-corrected chi connectivity index (χ3v) is 3.24. The van der Waals surface area contributed by atoms with Gasteiger partial charge in [0.15, 0.2) is 11.5 Å². The first-order valence-electron chi connectivity index (χ1n) is 6.39. The van der Waals surface area contributed by atoms with E-state index in [1.54, 1.807) is 7.11 Å². The van der Waals surface area contributed by atoms with Gasteiger partial charge < -0.3 is 19.5 Å². The molecular formula is C14H21NO3. The van der Waals surface area contributed by atoms with Crippen LogP contribution < -0.4 is 14.8 Å². The molecule has 1 heterocycles. The highest BCUT2D eigenvalue weighted by Crippen LogP contribution is 2.34. The zero-order valence-electron chi connectivity index (χ0n) is 11.2. The van der Waals surface area contributed by atoms with Gasteiger partial charge in [-0.1, -0.05) is 13.0 Å². The van der Waals surface area contributed by atoms with Crippen LogP contribution in [0.4, 0.5) is 0 Å². The number of nitrogens with one attached hydrogen (secondary N) is 1. The summed E-state index contributed by atoms with van der Waals surface area (Å²) in [7, 11) is 1.73. The molecule has 1 N–H and O–H groups in total. The van der Waals surface area contributed by atoms with Crippen LogP contribution in [0.2, 0.25) is 0 Å². The molecule has 100 valence electrons. The molecule has 0 saturated heterocycles. The number of ether oxygens (including phenoxy) is 3. The van der Waals surface area contributed by atoms with E-state index < -0.39 is 0 Å². The van der Waals surface area contributed by atoms with Crippen molar-refractivity contribution in [3.8, 4) is 11.5 Å². The zero-order valence-corrected chi connectivity index (χ0v) is 11.2. The van der Waals surface area contributed by atoms with Crippen molar-refractivity contribution in [3.63, 3.8) is 0 Å². The average Bonchev–Trinajstić information content (AvgIpc) is 2.85. The van der Waals surface area contributed by atoms with Crippen molar-refractivity contribution in [1.29, 1.82) is 0 Å². The highest BCUT2D eigenvalue weighted by molar-refractivity contribution is 5.45. The van der Waals surface area contributed by atoms with Crippen molar-refractivity contribution in [1.82, 2.24) is 5.32 Å². The number of methoxy groups -OCH3 is 1. The van der Waals surface area contributed by atoms with E-state index in [1.807, 2.05) is 12.1 Å². The normalized spacial score (nSPS) is 16.6. The average molecular weight is 251 g/mol. The summed E-state index contributed by atoms with van der Waals surface area (Å²) in [5.74, 6) is 1.66. The smallest absolute Gasteiger partial charge is 0.231 e. The van der Waals surface area contributed by atoms with Crippen molar-refractivity contribution >= 4 is 0 Å². The fourth-order valence-corrected chi connectivity index (χ4v) is 2.12. The molecule has 2 rings (SSSR count). The van der Waals surface area contributed by atoms with Crippen LogP contribution in [0.25, 0.3) is 0 Å². The van der Waals surface area contributed by atoms with Crippen LogP contribution in [0.3, 0.4) is 0 Å².